The van der Waals surface area contributed by atoms with Gasteiger partial charge in [0, 0.05) is 17.8 Å². The van der Waals surface area contributed by atoms with Crippen LogP contribution in [-0.4, -0.2) is 15.4 Å². The Labute approximate surface area is 141 Å². The summed E-state index contributed by atoms with van der Waals surface area (Å²) in [7, 11) is 0. The van der Waals surface area contributed by atoms with Crippen LogP contribution in [0.1, 0.15) is 11.1 Å². The van der Waals surface area contributed by atoms with Gasteiger partial charge in [-0.25, -0.2) is 4.79 Å². The minimum Gasteiger partial charge on any atom is -0.408 e. The van der Waals surface area contributed by atoms with E-state index >= 15 is 0 Å². The Morgan fingerprint density at radius 2 is 2.00 bits per heavy atom. The van der Waals surface area contributed by atoms with Crippen LogP contribution in [0, 0.1) is 24.0 Å². The highest BCUT2D eigenvalue weighted by Gasteiger charge is 2.16. The highest BCUT2D eigenvalue weighted by Crippen LogP contribution is 2.20. The monoisotopic (exact) mass is 341 g/mol. The van der Waals surface area contributed by atoms with Crippen molar-refractivity contribution in [1.82, 2.24) is 4.57 Å². The van der Waals surface area contributed by atoms with Crippen LogP contribution in [0.5, 0.6) is 0 Å². The van der Waals surface area contributed by atoms with Crippen molar-refractivity contribution in [3.63, 3.8) is 0 Å². The molecule has 0 atom stereocenters. The van der Waals surface area contributed by atoms with Gasteiger partial charge in [-0.15, -0.1) is 0 Å². The molecular formula is C17H15N3O5. The van der Waals surface area contributed by atoms with Crippen LogP contribution in [0.25, 0.3) is 11.1 Å². The van der Waals surface area contributed by atoms with E-state index in [1.807, 2.05) is 32.0 Å². The molecule has 0 saturated carbocycles. The molecule has 0 fully saturated rings. The maximum Gasteiger partial charge on any atom is 0.420 e. The second kappa shape index (κ2) is 6.23. The number of oxazole rings is 1. The van der Waals surface area contributed by atoms with E-state index in [0.717, 1.165) is 15.7 Å². The number of non-ortho nitro benzene ring substituents is 1. The number of hydrogen-bond acceptors (Lipinski definition) is 5. The second-order valence-electron chi connectivity index (χ2n) is 5.73. The third-order valence-electron chi connectivity index (χ3n) is 3.83. The van der Waals surface area contributed by atoms with Crippen molar-refractivity contribution in [2.24, 2.45) is 0 Å². The largest absolute Gasteiger partial charge is 0.420 e. The minimum atomic E-state index is -0.744. The summed E-state index contributed by atoms with van der Waals surface area (Å²) in [6.07, 6.45) is 0. The number of rotatable bonds is 4. The van der Waals surface area contributed by atoms with Gasteiger partial charge in [0.25, 0.3) is 5.69 Å². The lowest BCUT2D eigenvalue weighted by Crippen LogP contribution is -2.25. The highest BCUT2D eigenvalue weighted by molar-refractivity contribution is 5.92. The molecule has 1 N–H and O–H groups in total. The number of aryl methyl sites for hydroxylation is 2. The molecule has 1 aromatic heterocycles. The third-order valence-corrected chi connectivity index (χ3v) is 3.83. The molecule has 0 saturated heterocycles. The zero-order valence-corrected chi connectivity index (χ0v) is 13.6. The number of amides is 1. The molecule has 8 nitrogen and oxygen atoms in total. The summed E-state index contributed by atoms with van der Waals surface area (Å²) in [4.78, 5) is 34.6. The Balaban J connectivity index is 1.91. The standard InChI is InChI=1S/C17H15N3O5/c1-10-3-4-11(2)13(7-10)18-16(21)9-19-14-8-12(20(23)24)5-6-15(14)25-17(19)22/h3-8H,9H2,1-2H3,(H,18,21). The summed E-state index contributed by atoms with van der Waals surface area (Å²) in [5.74, 6) is -1.17. The van der Waals surface area contributed by atoms with Gasteiger partial charge in [-0.05, 0) is 37.1 Å². The topological polar surface area (TPSA) is 107 Å². The van der Waals surface area contributed by atoms with E-state index in [1.54, 1.807) is 0 Å². The first-order valence-electron chi connectivity index (χ1n) is 7.50. The van der Waals surface area contributed by atoms with Crippen LogP contribution in [0.15, 0.2) is 45.6 Å². The van der Waals surface area contributed by atoms with E-state index in [1.165, 1.54) is 18.2 Å². The van der Waals surface area contributed by atoms with Crippen molar-refractivity contribution in [3.05, 3.63) is 68.2 Å². The fourth-order valence-corrected chi connectivity index (χ4v) is 2.52. The second-order valence-corrected chi connectivity index (χ2v) is 5.73. The van der Waals surface area contributed by atoms with Gasteiger partial charge in [0.2, 0.25) is 5.91 Å². The van der Waals surface area contributed by atoms with Gasteiger partial charge in [0.1, 0.15) is 6.54 Å². The maximum atomic E-state index is 12.3. The zero-order chi connectivity index (χ0) is 18.1. The lowest BCUT2D eigenvalue weighted by Gasteiger charge is -2.09. The Hall–Kier alpha value is -3.42. The summed E-state index contributed by atoms with van der Waals surface area (Å²) in [5, 5.41) is 13.6. The van der Waals surface area contributed by atoms with Crippen molar-refractivity contribution in [2.45, 2.75) is 20.4 Å². The molecule has 0 aliphatic rings. The molecule has 0 unspecified atom stereocenters. The molecule has 0 aliphatic carbocycles. The van der Waals surface area contributed by atoms with Crippen molar-refractivity contribution >= 4 is 28.4 Å². The Bertz CT molecular complexity index is 1050. The summed E-state index contributed by atoms with van der Waals surface area (Å²) in [6, 6.07) is 9.44. The van der Waals surface area contributed by atoms with Gasteiger partial charge >= 0.3 is 5.76 Å². The van der Waals surface area contributed by atoms with E-state index < -0.39 is 16.6 Å². The number of nitrogens with zero attached hydrogens (tertiary/aromatic N) is 2. The first kappa shape index (κ1) is 16.4. The van der Waals surface area contributed by atoms with Crippen LogP contribution in [-0.2, 0) is 11.3 Å². The third kappa shape index (κ3) is 3.27. The van der Waals surface area contributed by atoms with E-state index in [9.17, 15) is 19.7 Å². The number of benzene rings is 2. The Kier molecular flexibility index (Phi) is 4.10. The molecule has 0 spiro atoms. The summed E-state index contributed by atoms with van der Waals surface area (Å²) >= 11 is 0. The van der Waals surface area contributed by atoms with Crippen LogP contribution >= 0.6 is 0 Å². The molecule has 25 heavy (non-hydrogen) atoms. The number of fused-ring (bicyclic) bond motifs is 1. The van der Waals surface area contributed by atoms with Crippen molar-refractivity contribution < 1.29 is 14.1 Å². The molecular weight excluding hydrogens is 326 g/mol. The van der Waals surface area contributed by atoms with Crippen LogP contribution in [0.2, 0.25) is 0 Å². The normalized spacial score (nSPS) is 10.8. The van der Waals surface area contributed by atoms with E-state index in [0.29, 0.717) is 5.69 Å². The molecule has 1 heterocycles. The minimum absolute atomic E-state index is 0.183. The fourth-order valence-electron chi connectivity index (χ4n) is 2.52. The number of nitro groups is 1. The number of nitro benzene ring substituents is 1. The molecule has 1 amide bonds. The average Bonchev–Trinajstić information content (AvgIpc) is 2.86. The van der Waals surface area contributed by atoms with Crippen molar-refractivity contribution in [1.29, 1.82) is 0 Å². The number of anilines is 1. The average molecular weight is 341 g/mol. The van der Waals surface area contributed by atoms with Gasteiger partial charge in [0.15, 0.2) is 5.58 Å². The lowest BCUT2D eigenvalue weighted by atomic mass is 10.1. The predicted octanol–water partition coefficient (Wildman–Crippen LogP) is 2.76. The molecule has 0 bridgehead atoms. The van der Waals surface area contributed by atoms with E-state index in [4.69, 9.17) is 4.42 Å². The van der Waals surface area contributed by atoms with Gasteiger partial charge in [-0.2, -0.15) is 0 Å². The molecule has 128 valence electrons. The van der Waals surface area contributed by atoms with Gasteiger partial charge < -0.3 is 9.73 Å². The zero-order valence-electron chi connectivity index (χ0n) is 13.6. The SMILES string of the molecule is Cc1ccc(C)c(NC(=O)Cn2c(=O)oc3ccc([N+](=O)[O-])cc32)c1. The first-order chi connectivity index (χ1) is 11.8. The van der Waals surface area contributed by atoms with E-state index in [-0.39, 0.29) is 23.3 Å². The number of carbonyl (C=O) groups is 1. The number of hydrogen-bond donors (Lipinski definition) is 1. The Morgan fingerprint density at radius 1 is 1.24 bits per heavy atom. The molecule has 3 rings (SSSR count). The van der Waals surface area contributed by atoms with E-state index in [2.05, 4.69) is 5.32 Å². The molecule has 3 aromatic rings. The molecule has 0 radical (unpaired) electrons. The number of nitrogens with one attached hydrogen (secondary N) is 1. The predicted molar refractivity (Wildman–Crippen MR) is 91.7 cm³/mol. The molecule has 0 aliphatic heterocycles. The molecule has 2 aromatic carbocycles. The van der Waals surface area contributed by atoms with Gasteiger partial charge in [-0.1, -0.05) is 12.1 Å². The van der Waals surface area contributed by atoms with Gasteiger partial charge in [-0.3, -0.25) is 19.5 Å². The highest BCUT2D eigenvalue weighted by atomic mass is 16.6. The quantitative estimate of drug-likeness (QED) is 0.580. The fraction of sp³-hybridized carbons (Fsp3) is 0.176. The van der Waals surface area contributed by atoms with Crippen LogP contribution in [0.3, 0.4) is 0 Å². The number of aromatic nitrogens is 1. The van der Waals surface area contributed by atoms with Crippen LogP contribution < -0.4 is 11.1 Å². The first-order valence-corrected chi connectivity index (χ1v) is 7.50. The summed E-state index contributed by atoms with van der Waals surface area (Å²) in [5.41, 5.74) is 2.74. The smallest absolute Gasteiger partial charge is 0.408 e. The van der Waals surface area contributed by atoms with Crippen molar-refractivity contribution in [3.8, 4) is 0 Å². The van der Waals surface area contributed by atoms with Crippen LogP contribution in [0.4, 0.5) is 11.4 Å². The molecule has 8 heteroatoms. The maximum absolute atomic E-state index is 12.3. The van der Waals surface area contributed by atoms with Crippen molar-refractivity contribution in [2.75, 3.05) is 5.32 Å². The lowest BCUT2D eigenvalue weighted by molar-refractivity contribution is -0.384. The summed E-state index contributed by atoms with van der Waals surface area (Å²) in [6.45, 7) is 3.46. The van der Waals surface area contributed by atoms with Gasteiger partial charge in [0.05, 0.1) is 10.4 Å². The summed E-state index contributed by atoms with van der Waals surface area (Å²) < 4.78 is 6.10. The number of carbonyl (C=O) groups excluding carboxylic acids is 1. The Morgan fingerprint density at radius 3 is 2.72 bits per heavy atom.